The maximum absolute atomic E-state index is 12.1. The maximum atomic E-state index is 12.1. The lowest BCUT2D eigenvalue weighted by atomic mass is 9.54. The number of hydrogen-bond donors (Lipinski definition) is 1. The lowest BCUT2D eigenvalue weighted by Crippen LogP contribution is -2.67. The van der Waals surface area contributed by atoms with Crippen molar-refractivity contribution in [2.24, 2.45) is 23.2 Å². The molecular formula is C18H29N3O2. The van der Waals surface area contributed by atoms with Gasteiger partial charge in [0.1, 0.15) is 5.66 Å². The minimum Gasteiger partial charge on any atom is -0.348 e. The Hall–Kier alpha value is -0.810. The summed E-state index contributed by atoms with van der Waals surface area (Å²) in [5.41, 5.74) is 0.0461. The Morgan fingerprint density at radius 2 is 2.09 bits per heavy atom. The number of nitrogens with one attached hydrogen (secondary N) is 1. The maximum Gasteiger partial charge on any atom is 0.427 e. The molecule has 5 heteroatoms. The topological polar surface area (TPSA) is 44.8 Å². The number of amides is 1. The summed E-state index contributed by atoms with van der Waals surface area (Å²) in [5.74, 6) is 2.14. The highest BCUT2D eigenvalue weighted by molar-refractivity contribution is 5.71. The van der Waals surface area contributed by atoms with Crippen LogP contribution in [0.2, 0.25) is 0 Å². The Labute approximate surface area is 138 Å². The molecule has 1 N–H and O–H groups in total. The standard InChI is InChI=1S/C18H29N3O2/c1-12-9-13-10-15-14-5-3-7-20(2)8-4-6-17(13,14)18(11-12)19-16(22)23-21(15)18/h12-15H,3-11H2,1-2H3,(H,19,22)/t12-,13+,14+,15?,17-,18+/m1/s1. The summed E-state index contributed by atoms with van der Waals surface area (Å²) in [7, 11) is 2.25. The number of piperidine rings is 1. The summed E-state index contributed by atoms with van der Waals surface area (Å²) in [6.45, 7) is 4.75. The zero-order chi connectivity index (χ0) is 15.8. The lowest BCUT2D eigenvalue weighted by molar-refractivity contribution is -0.211. The fraction of sp³-hybridized carbons (Fsp3) is 0.944. The fourth-order valence-electron chi connectivity index (χ4n) is 7.39. The van der Waals surface area contributed by atoms with Crippen LogP contribution in [0, 0.1) is 23.2 Å². The van der Waals surface area contributed by atoms with E-state index in [1.165, 1.54) is 51.6 Å². The van der Waals surface area contributed by atoms with E-state index in [0.29, 0.717) is 17.9 Å². The van der Waals surface area contributed by atoms with E-state index in [-0.39, 0.29) is 17.2 Å². The number of fused-ring (bicyclic) bond motifs is 1. The van der Waals surface area contributed by atoms with Crippen LogP contribution in [-0.2, 0) is 4.84 Å². The van der Waals surface area contributed by atoms with Crippen LogP contribution >= 0.6 is 0 Å². The van der Waals surface area contributed by atoms with Gasteiger partial charge in [-0.15, -0.1) is 5.06 Å². The average molecular weight is 319 g/mol. The van der Waals surface area contributed by atoms with Gasteiger partial charge in [0.2, 0.25) is 0 Å². The van der Waals surface area contributed by atoms with Gasteiger partial charge < -0.3 is 9.74 Å². The van der Waals surface area contributed by atoms with Gasteiger partial charge in [-0.25, -0.2) is 4.79 Å². The molecule has 128 valence electrons. The van der Waals surface area contributed by atoms with Crippen molar-refractivity contribution in [1.29, 1.82) is 0 Å². The Kier molecular flexibility index (Phi) is 2.92. The third-order valence-corrected chi connectivity index (χ3v) is 7.83. The van der Waals surface area contributed by atoms with Gasteiger partial charge in [0.15, 0.2) is 0 Å². The van der Waals surface area contributed by atoms with Crippen LogP contribution in [0.25, 0.3) is 0 Å². The first kappa shape index (κ1) is 14.5. The molecule has 3 heterocycles. The number of hydroxylamine groups is 2. The molecule has 0 aromatic carbocycles. The van der Waals surface area contributed by atoms with Gasteiger partial charge in [-0.3, -0.25) is 5.32 Å². The molecule has 5 rings (SSSR count). The minimum absolute atomic E-state index is 0.205. The van der Waals surface area contributed by atoms with Gasteiger partial charge in [-0.1, -0.05) is 6.92 Å². The van der Waals surface area contributed by atoms with Crippen molar-refractivity contribution in [2.45, 2.75) is 63.6 Å². The number of carbonyl (C=O) groups is 1. The third-order valence-electron chi connectivity index (χ3n) is 7.83. The summed E-state index contributed by atoms with van der Waals surface area (Å²) in [6.07, 6.45) is 8.50. The Morgan fingerprint density at radius 3 is 2.96 bits per heavy atom. The molecule has 1 unspecified atom stereocenters. The van der Waals surface area contributed by atoms with E-state index in [1.54, 1.807) is 0 Å². The quantitative estimate of drug-likeness (QED) is 0.745. The van der Waals surface area contributed by atoms with Crippen LogP contribution in [-0.4, -0.2) is 47.9 Å². The van der Waals surface area contributed by atoms with Crippen LogP contribution < -0.4 is 5.32 Å². The van der Waals surface area contributed by atoms with Gasteiger partial charge in [-0.05, 0) is 82.8 Å². The summed E-state index contributed by atoms with van der Waals surface area (Å²) >= 11 is 0. The normalized spacial score (nSPS) is 52.9. The molecule has 1 amide bonds. The molecule has 23 heavy (non-hydrogen) atoms. The molecule has 0 radical (unpaired) electrons. The van der Waals surface area contributed by atoms with Gasteiger partial charge in [0, 0.05) is 5.41 Å². The van der Waals surface area contributed by atoms with Crippen molar-refractivity contribution in [3.8, 4) is 0 Å². The number of nitrogens with zero attached hydrogens (tertiary/aromatic N) is 2. The molecule has 2 spiro atoms. The molecule has 2 bridgehead atoms. The van der Waals surface area contributed by atoms with Crippen LogP contribution in [0.4, 0.5) is 4.79 Å². The predicted molar refractivity (Wildman–Crippen MR) is 86.4 cm³/mol. The average Bonchev–Trinajstić information content (AvgIpc) is 3.03. The molecule has 2 aliphatic carbocycles. The van der Waals surface area contributed by atoms with Gasteiger partial charge in [0.25, 0.3) is 0 Å². The smallest absolute Gasteiger partial charge is 0.348 e. The van der Waals surface area contributed by atoms with E-state index in [1.807, 2.05) is 0 Å². The van der Waals surface area contributed by atoms with E-state index in [2.05, 4.69) is 29.3 Å². The second kappa shape index (κ2) is 4.63. The van der Waals surface area contributed by atoms with Crippen molar-refractivity contribution in [1.82, 2.24) is 15.3 Å². The van der Waals surface area contributed by atoms with Crippen molar-refractivity contribution in [3.05, 3.63) is 0 Å². The number of carbonyl (C=O) groups excluding carboxylic acids is 1. The van der Waals surface area contributed by atoms with Crippen LogP contribution in [0.1, 0.15) is 51.9 Å². The Bertz CT molecular complexity index is 540. The predicted octanol–water partition coefficient (Wildman–Crippen LogP) is 2.58. The zero-order valence-electron chi connectivity index (χ0n) is 14.4. The lowest BCUT2D eigenvalue weighted by Gasteiger charge is -2.56. The van der Waals surface area contributed by atoms with Crippen LogP contribution in [0.5, 0.6) is 0 Å². The van der Waals surface area contributed by atoms with E-state index < -0.39 is 0 Å². The molecule has 3 aliphatic heterocycles. The second-order valence-electron chi connectivity index (χ2n) is 8.93. The summed E-state index contributed by atoms with van der Waals surface area (Å²) in [6, 6.07) is 0.454. The first-order valence-corrected chi connectivity index (χ1v) is 9.55. The zero-order valence-corrected chi connectivity index (χ0v) is 14.4. The van der Waals surface area contributed by atoms with Crippen molar-refractivity contribution < 1.29 is 9.63 Å². The molecule has 6 atom stereocenters. The second-order valence-corrected chi connectivity index (χ2v) is 8.93. The van der Waals surface area contributed by atoms with Gasteiger partial charge in [-0.2, -0.15) is 0 Å². The Balaban J connectivity index is 1.61. The fourth-order valence-corrected chi connectivity index (χ4v) is 7.39. The van der Waals surface area contributed by atoms with Crippen LogP contribution in [0.3, 0.4) is 0 Å². The monoisotopic (exact) mass is 319 g/mol. The van der Waals surface area contributed by atoms with Crippen molar-refractivity contribution in [2.75, 3.05) is 20.1 Å². The molecule has 5 aliphatic rings. The number of rotatable bonds is 0. The summed E-state index contributed by atoms with van der Waals surface area (Å²) in [5, 5.41) is 5.49. The first-order valence-electron chi connectivity index (χ1n) is 9.55. The minimum atomic E-state index is -0.209. The molecule has 2 saturated carbocycles. The summed E-state index contributed by atoms with van der Waals surface area (Å²) < 4.78 is 0. The molecule has 0 aromatic rings. The largest absolute Gasteiger partial charge is 0.427 e. The third kappa shape index (κ3) is 1.63. The van der Waals surface area contributed by atoms with E-state index in [0.717, 1.165) is 12.3 Å². The molecule has 5 fully saturated rings. The van der Waals surface area contributed by atoms with Gasteiger partial charge in [0.05, 0.1) is 6.04 Å². The highest BCUT2D eigenvalue weighted by atomic mass is 16.7. The summed E-state index contributed by atoms with van der Waals surface area (Å²) in [4.78, 5) is 20.4. The van der Waals surface area contributed by atoms with Gasteiger partial charge >= 0.3 is 6.09 Å². The van der Waals surface area contributed by atoms with Crippen molar-refractivity contribution >= 4 is 6.09 Å². The van der Waals surface area contributed by atoms with E-state index >= 15 is 0 Å². The van der Waals surface area contributed by atoms with Crippen molar-refractivity contribution in [3.63, 3.8) is 0 Å². The Morgan fingerprint density at radius 1 is 1.26 bits per heavy atom. The highest BCUT2D eigenvalue weighted by Crippen LogP contribution is 2.72. The molecule has 5 nitrogen and oxygen atoms in total. The molecule has 0 aromatic heterocycles. The molecule has 3 saturated heterocycles. The highest BCUT2D eigenvalue weighted by Gasteiger charge is 2.79. The molecular weight excluding hydrogens is 290 g/mol. The van der Waals surface area contributed by atoms with E-state index in [4.69, 9.17) is 4.84 Å². The first-order chi connectivity index (χ1) is 11.1. The SMILES string of the molecule is C[C@@H]1C[C@H]2CC3[C@@H]4CCCN(C)CCC[C@@]24[C@@]2(C1)NC(=O)ON32. The van der Waals surface area contributed by atoms with E-state index in [9.17, 15) is 4.79 Å². The van der Waals surface area contributed by atoms with Crippen LogP contribution in [0.15, 0.2) is 0 Å². The number of hydrogen-bond acceptors (Lipinski definition) is 4.